The summed E-state index contributed by atoms with van der Waals surface area (Å²) >= 11 is 1.74. The predicted octanol–water partition coefficient (Wildman–Crippen LogP) is 2.61. The molecular weight excluding hydrogens is 263 g/mol. The third-order valence-electron chi connectivity index (χ3n) is 1.30. The quantitative estimate of drug-likeness (QED) is 0.610. The lowest BCUT2D eigenvalue weighted by Crippen LogP contribution is -1.96. The molecule has 0 aliphatic heterocycles. The van der Waals surface area contributed by atoms with Crippen molar-refractivity contribution >= 4 is 28.3 Å². The minimum atomic E-state index is -0.820. The predicted molar refractivity (Wildman–Crippen MR) is 48.6 cm³/mol. The summed E-state index contributed by atoms with van der Waals surface area (Å²) < 4.78 is 25.9. The monoisotopic (exact) mass is 269 g/mol. The maximum atomic E-state index is 12.8. The fourth-order valence-corrected chi connectivity index (χ4v) is 1.14. The van der Waals surface area contributed by atoms with Crippen molar-refractivity contribution in [1.82, 2.24) is 0 Å². The van der Waals surface area contributed by atoms with E-state index in [1.54, 1.807) is 29.6 Å². The van der Waals surface area contributed by atoms with Crippen LogP contribution in [0.5, 0.6) is 0 Å². The summed E-state index contributed by atoms with van der Waals surface area (Å²) in [6, 6.07) is 3.02. The van der Waals surface area contributed by atoms with E-state index in [1.807, 2.05) is 0 Å². The van der Waals surface area contributed by atoms with Gasteiger partial charge in [0, 0.05) is 7.05 Å². The first-order chi connectivity index (χ1) is 5.16. The summed E-state index contributed by atoms with van der Waals surface area (Å²) in [5.41, 5.74) is 0.183. The van der Waals surface area contributed by atoms with Crippen LogP contribution in [0.15, 0.2) is 12.1 Å². The van der Waals surface area contributed by atoms with Crippen molar-refractivity contribution in [2.24, 2.45) is 0 Å². The average molecular weight is 269 g/mol. The minimum absolute atomic E-state index is 0.183. The molecule has 0 heterocycles. The van der Waals surface area contributed by atoms with Gasteiger partial charge in [0.1, 0.15) is 0 Å². The zero-order valence-electron chi connectivity index (χ0n) is 5.79. The van der Waals surface area contributed by atoms with Gasteiger partial charge in [0.2, 0.25) is 0 Å². The second-order valence-electron chi connectivity index (χ2n) is 1.97. The molecule has 0 bridgehead atoms. The number of rotatable bonds is 1. The van der Waals surface area contributed by atoms with Crippen LogP contribution in [0.4, 0.5) is 14.5 Å². The molecule has 0 aliphatic carbocycles. The highest BCUT2D eigenvalue weighted by Crippen LogP contribution is 2.20. The third-order valence-corrected chi connectivity index (χ3v) is 2.14. The Morgan fingerprint density at radius 2 is 1.91 bits per heavy atom. The Kier molecular flexibility index (Phi) is 2.64. The molecule has 0 spiro atoms. The zero-order chi connectivity index (χ0) is 8.43. The van der Waals surface area contributed by atoms with Gasteiger partial charge in [-0.1, -0.05) is 0 Å². The van der Waals surface area contributed by atoms with Crippen molar-refractivity contribution in [2.75, 3.05) is 12.4 Å². The standard InChI is InChI=1S/C7H6F2IN/c1-11-5-3-2-4(10)6(8)7(5)9/h2-3,11H,1H3. The molecule has 0 radical (unpaired) electrons. The van der Waals surface area contributed by atoms with Crippen molar-refractivity contribution in [3.05, 3.63) is 27.3 Å². The van der Waals surface area contributed by atoms with Crippen LogP contribution in [-0.2, 0) is 0 Å². The van der Waals surface area contributed by atoms with Gasteiger partial charge in [-0.15, -0.1) is 0 Å². The molecule has 0 amide bonds. The number of benzene rings is 1. The van der Waals surface area contributed by atoms with E-state index in [2.05, 4.69) is 5.32 Å². The second-order valence-corrected chi connectivity index (χ2v) is 3.14. The molecule has 1 N–H and O–H groups in total. The minimum Gasteiger partial charge on any atom is -0.386 e. The van der Waals surface area contributed by atoms with Gasteiger partial charge in [-0.2, -0.15) is 0 Å². The van der Waals surface area contributed by atoms with Gasteiger partial charge in [0.05, 0.1) is 9.26 Å². The maximum Gasteiger partial charge on any atom is 0.182 e. The van der Waals surface area contributed by atoms with Crippen LogP contribution < -0.4 is 5.32 Å². The van der Waals surface area contributed by atoms with E-state index in [0.29, 0.717) is 3.57 Å². The van der Waals surface area contributed by atoms with Gasteiger partial charge in [0.25, 0.3) is 0 Å². The average Bonchev–Trinajstić information content (AvgIpc) is 2.01. The molecular formula is C7H6F2IN. The van der Waals surface area contributed by atoms with Gasteiger partial charge in [-0.25, -0.2) is 8.78 Å². The van der Waals surface area contributed by atoms with Crippen LogP contribution in [0.25, 0.3) is 0 Å². The van der Waals surface area contributed by atoms with E-state index in [4.69, 9.17) is 0 Å². The first-order valence-corrected chi connectivity index (χ1v) is 4.06. The molecule has 1 aromatic rings. The number of hydrogen-bond donors (Lipinski definition) is 1. The number of nitrogens with one attached hydrogen (secondary N) is 1. The first-order valence-electron chi connectivity index (χ1n) is 2.98. The van der Waals surface area contributed by atoms with E-state index in [9.17, 15) is 8.78 Å². The topological polar surface area (TPSA) is 12.0 Å². The van der Waals surface area contributed by atoms with E-state index in [-0.39, 0.29) is 5.69 Å². The molecule has 0 atom stereocenters. The van der Waals surface area contributed by atoms with E-state index >= 15 is 0 Å². The van der Waals surface area contributed by atoms with Crippen LogP contribution in [0, 0.1) is 15.2 Å². The van der Waals surface area contributed by atoms with Crippen LogP contribution in [0.1, 0.15) is 0 Å². The van der Waals surface area contributed by atoms with Crippen molar-refractivity contribution in [3.63, 3.8) is 0 Å². The molecule has 1 nitrogen and oxygen atoms in total. The lowest BCUT2D eigenvalue weighted by atomic mass is 10.3. The highest BCUT2D eigenvalue weighted by atomic mass is 127. The largest absolute Gasteiger partial charge is 0.386 e. The normalized spacial score (nSPS) is 9.82. The van der Waals surface area contributed by atoms with Gasteiger partial charge >= 0.3 is 0 Å². The third kappa shape index (κ3) is 1.61. The summed E-state index contributed by atoms with van der Waals surface area (Å²) in [6.45, 7) is 0. The molecule has 0 fully saturated rings. The maximum absolute atomic E-state index is 12.8. The molecule has 1 rings (SSSR count). The molecule has 0 saturated carbocycles. The van der Waals surface area contributed by atoms with Crippen LogP contribution in [0.3, 0.4) is 0 Å². The summed E-state index contributed by atoms with van der Waals surface area (Å²) in [7, 11) is 1.55. The lowest BCUT2D eigenvalue weighted by Gasteiger charge is -2.02. The van der Waals surface area contributed by atoms with Crippen LogP contribution in [-0.4, -0.2) is 7.05 Å². The Bertz CT molecular complexity index is 275. The molecule has 1 aromatic carbocycles. The molecule has 0 aliphatic rings. The summed E-state index contributed by atoms with van der Waals surface area (Å²) in [5.74, 6) is -1.61. The van der Waals surface area contributed by atoms with E-state index in [0.717, 1.165) is 0 Å². The second kappa shape index (κ2) is 3.34. The van der Waals surface area contributed by atoms with Crippen molar-refractivity contribution in [2.45, 2.75) is 0 Å². The van der Waals surface area contributed by atoms with Crippen molar-refractivity contribution in [3.8, 4) is 0 Å². The van der Waals surface area contributed by atoms with Crippen molar-refractivity contribution in [1.29, 1.82) is 0 Å². The molecule has 4 heteroatoms. The molecule has 0 saturated heterocycles. The summed E-state index contributed by atoms with van der Waals surface area (Å²) in [5, 5.41) is 2.54. The first kappa shape index (κ1) is 8.70. The van der Waals surface area contributed by atoms with Gasteiger partial charge in [-0.3, -0.25) is 0 Å². The molecule has 0 aromatic heterocycles. The Balaban J connectivity index is 3.25. The smallest absolute Gasteiger partial charge is 0.182 e. The Labute approximate surface area is 76.9 Å². The molecule has 60 valence electrons. The highest BCUT2D eigenvalue weighted by molar-refractivity contribution is 14.1. The van der Waals surface area contributed by atoms with Gasteiger partial charge in [-0.05, 0) is 34.7 Å². The number of hydrogen-bond acceptors (Lipinski definition) is 1. The lowest BCUT2D eigenvalue weighted by molar-refractivity contribution is 0.506. The van der Waals surface area contributed by atoms with E-state index < -0.39 is 11.6 Å². The highest BCUT2D eigenvalue weighted by Gasteiger charge is 2.09. The summed E-state index contributed by atoms with van der Waals surface area (Å²) in [6.07, 6.45) is 0. The van der Waals surface area contributed by atoms with E-state index in [1.165, 1.54) is 12.1 Å². The van der Waals surface area contributed by atoms with Crippen molar-refractivity contribution < 1.29 is 8.78 Å². The number of halogens is 3. The Morgan fingerprint density at radius 1 is 1.27 bits per heavy atom. The Hall–Kier alpha value is -0.390. The van der Waals surface area contributed by atoms with Gasteiger partial charge < -0.3 is 5.32 Å². The Morgan fingerprint density at radius 3 is 2.45 bits per heavy atom. The zero-order valence-corrected chi connectivity index (χ0v) is 7.95. The SMILES string of the molecule is CNc1ccc(I)c(F)c1F. The molecule has 0 unspecified atom stereocenters. The fraction of sp³-hybridized carbons (Fsp3) is 0.143. The van der Waals surface area contributed by atoms with Crippen LogP contribution >= 0.6 is 22.6 Å². The van der Waals surface area contributed by atoms with Crippen LogP contribution in [0.2, 0.25) is 0 Å². The fourth-order valence-electron chi connectivity index (χ4n) is 0.719. The molecule has 11 heavy (non-hydrogen) atoms. The number of anilines is 1. The summed E-state index contributed by atoms with van der Waals surface area (Å²) in [4.78, 5) is 0. The van der Waals surface area contributed by atoms with Gasteiger partial charge in [0.15, 0.2) is 11.6 Å².